The lowest BCUT2D eigenvalue weighted by Crippen LogP contribution is -2.04. The van der Waals surface area contributed by atoms with Crippen molar-refractivity contribution in [2.45, 2.75) is 11.3 Å². The molecule has 1 aromatic rings. The zero-order chi connectivity index (χ0) is 11.3. The number of hydrogen-bond acceptors (Lipinski definition) is 4. The molecule has 0 radical (unpaired) electrons. The summed E-state index contributed by atoms with van der Waals surface area (Å²) in [6, 6.07) is 7.36. The topological polar surface area (TPSA) is 80.4 Å². The maximum atomic E-state index is 10.4. The number of rotatable bonds is 5. The van der Waals surface area contributed by atoms with Crippen molar-refractivity contribution < 1.29 is 13.0 Å². The van der Waals surface area contributed by atoms with Crippen molar-refractivity contribution in [2.24, 2.45) is 0 Å². The molecule has 15 heavy (non-hydrogen) atoms. The van der Waals surface area contributed by atoms with E-state index in [2.05, 4.69) is 0 Å². The Labute approximate surface area is 93.6 Å². The van der Waals surface area contributed by atoms with Crippen molar-refractivity contribution in [1.82, 2.24) is 0 Å². The monoisotopic (exact) mass is 247 g/mol. The smallest absolute Gasteiger partial charge is 0.264 e. The Morgan fingerprint density at radius 3 is 2.40 bits per heavy atom. The standard InChI is InChI=1S/C9H13NO3S2/c10-8-2-4-9(5-3-8)14-6-1-7-15(11,12)13/h2-5H,1,6-7,10H2,(H,11,12,13). The Morgan fingerprint density at radius 1 is 1.27 bits per heavy atom. The second-order valence-corrected chi connectivity index (χ2v) is 5.80. The van der Waals surface area contributed by atoms with E-state index in [4.69, 9.17) is 10.3 Å². The van der Waals surface area contributed by atoms with Gasteiger partial charge in [0.05, 0.1) is 5.75 Å². The van der Waals surface area contributed by atoms with Crippen LogP contribution in [0.4, 0.5) is 5.69 Å². The van der Waals surface area contributed by atoms with Gasteiger partial charge in [-0.05, 0) is 36.4 Å². The summed E-state index contributed by atoms with van der Waals surface area (Å²) >= 11 is 1.54. The molecule has 0 aliphatic rings. The van der Waals surface area contributed by atoms with Crippen LogP contribution in [0.25, 0.3) is 0 Å². The Morgan fingerprint density at radius 2 is 1.87 bits per heavy atom. The maximum absolute atomic E-state index is 10.4. The lowest BCUT2D eigenvalue weighted by Gasteiger charge is -2.01. The van der Waals surface area contributed by atoms with E-state index in [0.29, 0.717) is 17.9 Å². The van der Waals surface area contributed by atoms with Gasteiger partial charge in [-0.15, -0.1) is 11.8 Å². The van der Waals surface area contributed by atoms with Crippen molar-refractivity contribution >= 4 is 27.6 Å². The van der Waals surface area contributed by atoms with Crippen molar-refractivity contribution in [2.75, 3.05) is 17.2 Å². The van der Waals surface area contributed by atoms with Gasteiger partial charge < -0.3 is 5.73 Å². The molecule has 0 saturated carbocycles. The average Bonchev–Trinajstić information content (AvgIpc) is 2.14. The zero-order valence-electron chi connectivity index (χ0n) is 8.09. The molecule has 84 valence electrons. The third-order valence-corrected chi connectivity index (χ3v) is 3.60. The van der Waals surface area contributed by atoms with Crippen LogP contribution in [0.2, 0.25) is 0 Å². The first-order chi connectivity index (χ1) is 6.97. The highest BCUT2D eigenvalue weighted by atomic mass is 32.2. The summed E-state index contributed by atoms with van der Waals surface area (Å²) in [6.07, 6.45) is 0.438. The van der Waals surface area contributed by atoms with Crippen LogP contribution in [0, 0.1) is 0 Å². The van der Waals surface area contributed by atoms with E-state index in [1.54, 1.807) is 12.1 Å². The molecule has 3 N–H and O–H groups in total. The highest BCUT2D eigenvalue weighted by molar-refractivity contribution is 7.99. The second-order valence-electron chi connectivity index (χ2n) is 3.06. The molecular formula is C9H13NO3S2. The largest absolute Gasteiger partial charge is 0.399 e. The Bertz CT molecular complexity index is 400. The van der Waals surface area contributed by atoms with Crippen LogP contribution >= 0.6 is 11.8 Å². The lowest BCUT2D eigenvalue weighted by atomic mass is 10.3. The molecule has 4 nitrogen and oxygen atoms in total. The van der Waals surface area contributed by atoms with Crippen molar-refractivity contribution in [1.29, 1.82) is 0 Å². The van der Waals surface area contributed by atoms with E-state index < -0.39 is 10.1 Å². The second kappa shape index (κ2) is 5.39. The molecule has 0 amide bonds. The number of hydrogen-bond donors (Lipinski definition) is 2. The quantitative estimate of drug-likeness (QED) is 0.358. The number of anilines is 1. The summed E-state index contributed by atoms with van der Waals surface area (Å²) in [5.74, 6) is 0.471. The first-order valence-electron chi connectivity index (χ1n) is 4.41. The molecule has 0 unspecified atom stereocenters. The van der Waals surface area contributed by atoms with Gasteiger partial charge in [0.15, 0.2) is 0 Å². The van der Waals surface area contributed by atoms with E-state index in [9.17, 15) is 8.42 Å². The molecule has 0 heterocycles. The average molecular weight is 247 g/mol. The third-order valence-electron chi connectivity index (χ3n) is 1.70. The van der Waals surface area contributed by atoms with Crippen LogP contribution in [0.1, 0.15) is 6.42 Å². The molecule has 6 heteroatoms. The maximum Gasteiger partial charge on any atom is 0.264 e. The summed E-state index contributed by atoms with van der Waals surface area (Å²) in [5, 5.41) is 0. The van der Waals surface area contributed by atoms with Crippen LogP contribution < -0.4 is 5.73 Å². The van der Waals surface area contributed by atoms with Crippen molar-refractivity contribution in [3.8, 4) is 0 Å². The van der Waals surface area contributed by atoms with Gasteiger partial charge in [-0.25, -0.2) is 0 Å². The number of nitrogen functional groups attached to an aromatic ring is 1. The third kappa shape index (κ3) is 5.66. The zero-order valence-corrected chi connectivity index (χ0v) is 9.72. The highest BCUT2D eigenvalue weighted by Gasteiger charge is 2.03. The molecule has 0 bridgehead atoms. The Hall–Kier alpha value is -0.720. The predicted octanol–water partition coefficient (Wildman–Crippen LogP) is 1.64. The normalized spacial score (nSPS) is 11.5. The van der Waals surface area contributed by atoms with E-state index in [1.807, 2.05) is 12.1 Å². The molecule has 0 spiro atoms. The van der Waals surface area contributed by atoms with Gasteiger partial charge in [0, 0.05) is 10.6 Å². The summed E-state index contributed by atoms with van der Waals surface area (Å²) < 4.78 is 29.3. The van der Waals surface area contributed by atoms with Crippen LogP contribution in [0.15, 0.2) is 29.2 Å². The minimum atomic E-state index is -3.82. The number of benzene rings is 1. The molecule has 0 saturated heterocycles. The van der Waals surface area contributed by atoms with Gasteiger partial charge in [-0.1, -0.05) is 0 Å². The lowest BCUT2D eigenvalue weighted by molar-refractivity contribution is 0.482. The highest BCUT2D eigenvalue weighted by Crippen LogP contribution is 2.19. The summed E-state index contributed by atoms with van der Waals surface area (Å²) in [6.45, 7) is 0. The van der Waals surface area contributed by atoms with Gasteiger partial charge >= 0.3 is 0 Å². The van der Waals surface area contributed by atoms with E-state index in [-0.39, 0.29) is 5.75 Å². The van der Waals surface area contributed by atoms with E-state index in [0.717, 1.165) is 4.90 Å². The van der Waals surface area contributed by atoms with Crippen LogP contribution in [-0.2, 0) is 10.1 Å². The van der Waals surface area contributed by atoms with Gasteiger partial charge in [-0.3, -0.25) is 4.55 Å². The van der Waals surface area contributed by atoms with Crippen LogP contribution in [0.5, 0.6) is 0 Å². The van der Waals surface area contributed by atoms with Crippen molar-refractivity contribution in [3.05, 3.63) is 24.3 Å². The van der Waals surface area contributed by atoms with Crippen LogP contribution in [-0.4, -0.2) is 24.5 Å². The first-order valence-corrected chi connectivity index (χ1v) is 7.00. The van der Waals surface area contributed by atoms with Crippen LogP contribution in [0.3, 0.4) is 0 Å². The molecule has 0 aromatic heterocycles. The molecule has 0 aliphatic heterocycles. The minimum Gasteiger partial charge on any atom is -0.399 e. The SMILES string of the molecule is Nc1ccc(SCCCS(=O)(=O)O)cc1. The van der Waals surface area contributed by atoms with Gasteiger partial charge in [0.2, 0.25) is 0 Å². The first kappa shape index (κ1) is 12.4. The molecule has 0 atom stereocenters. The fraction of sp³-hybridized carbons (Fsp3) is 0.333. The van der Waals surface area contributed by atoms with Gasteiger partial charge in [0.1, 0.15) is 0 Å². The van der Waals surface area contributed by atoms with Crippen molar-refractivity contribution in [3.63, 3.8) is 0 Å². The van der Waals surface area contributed by atoms with Gasteiger partial charge in [0.25, 0.3) is 10.1 Å². The molecular weight excluding hydrogens is 234 g/mol. The van der Waals surface area contributed by atoms with E-state index in [1.165, 1.54) is 11.8 Å². The summed E-state index contributed by atoms with van der Waals surface area (Å²) in [5.41, 5.74) is 6.22. The number of thioether (sulfide) groups is 1. The Balaban J connectivity index is 2.29. The van der Waals surface area contributed by atoms with Gasteiger partial charge in [-0.2, -0.15) is 8.42 Å². The fourth-order valence-electron chi connectivity index (χ4n) is 0.995. The molecule has 1 aromatic carbocycles. The molecule has 0 fully saturated rings. The summed E-state index contributed by atoms with van der Waals surface area (Å²) in [4.78, 5) is 1.04. The minimum absolute atomic E-state index is 0.186. The summed E-state index contributed by atoms with van der Waals surface area (Å²) in [7, 11) is -3.82. The molecule has 0 aliphatic carbocycles. The van der Waals surface area contributed by atoms with E-state index >= 15 is 0 Å². The predicted molar refractivity (Wildman–Crippen MR) is 62.6 cm³/mol. The molecule has 1 rings (SSSR count). The number of nitrogens with two attached hydrogens (primary N) is 1. The fourth-order valence-corrected chi connectivity index (χ4v) is 2.54. The Kier molecular flexibility index (Phi) is 4.44.